The quantitative estimate of drug-likeness (QED) is 0.146. The molecule has 288 valence electrons. The van der Waals surface area contributed by atoms with Crippen LogP contribution in [0.1, 0.15) is 31.8 Å². The summed E-state index contributed by atoms with van der Waals surface area (Å²) in [6.45, 7) is 0. The number of rotatable bonds is 5. The molecule has 0 aliphatic heterocycles. The molecule has 6 heterocycles. The molecule has 0 saturated carbocycles. The Morgan fingerprint density at radius 3 is 1.49 bits per heavy atom. The van der Waals surface area contributed by atoms with E-state index in [4.69, 9.17) is 10.8 Å². The summed E-state index contributed by atoms with van der Waals surface area (Å²) in [5.41, 5.74) is 5.03. The van der Waals surface area contributed by atoms with Gasteiger partial charge in [0.25, 0.3) is 5.91 Å². The number of carbonyl (C=O) groups excluding carboxylic acids is 1. The summed E-state index contributed by atoms with van der Waals surface area (Å²) in [7, 11) is 0. The van der Waals surface area contributed by atoms with Crippen molar-refractivity contribution in [1.82, 2.24) is 39.2 Å². The van der Waals surface area contributed by atoms with E-state index in [1.165, 1.54) is 88.5 Å². The summed E-state index contributed by atoms with van der Waals surface area (Å²) < 4.78 is 81.7. The van der Waals surface area contributed by atoms with Crippen molar-refractivity contribution in [3.8, 4) is 22.5 Å². The van der Waals surface area contributed by atoms with Crippen LogP contribution in [-0.4, -0.2) is 56.1 Å². The minimum atomic E-state index is -4.53. The first-order valence-electron chi connectivity index (χ1n) is 16.3. The first-order chi connectivity index (χ1) is 27.2. The van der Waals surface area contributed by atoms with Crippen molar-refractivity contribution < 1.29 is 41.0 Å². The zero-order valence-corrected chi connectivity index (χ0v) is 28.9. The van der Waals surface area contributed by atoms with Crippen LogP contribution in [0.5, 0.6) is 0 Å². The number of fused-ring (bicyclic) bond motifs is 2. The smallest absolute Gasteiger partial charge is 0.417 e. The van der Waals surface area contributed by atoms with Crippen molar-refractivity contribution in [3.63, 3.8) is 0 Å². The number of hydrogen-bond donors (Lipinski definition) is 3. The number of nitrogens with zero attached hydrogens (tertiary/aromatic N) is 8. The van der Waals surface area contributed by atoms with E-state index in [-0.39, 0.29) is 44.9 Å². The van der Waals surface area contributed by atoms with Crippen LogP contribution in [0.4, 0.5) is 37.7 Å². The largest absolute Gasteiger partial charge is 0.477 e. The first-order valence-corrected chi connectivity index (χ1v) is 16.3. The Balaban J connectivity index is 0.000000168. The van der Waals surface area contributed by atoms with E-state index in [0.29, 0.717) is 5.69 Å². The molecule has 0 fully saturated rings. The number of carboxylic acid groups (broad SMARTS) is 1. The van der Waals surface area contributed by atoms with Crippen molar-refractivity contribution >= 4 is 34.5 Å². The number of benzene rings is 2. The molecule has 0 atom stereocenters. The number of aromatic nitrogens is 8. The fourth-order valence-corrected chi connectivity index (χ4v) is 5.25. The summed E-state index contributed by atoms with van der Waals surface area (Å²) in [5.74, 6) is -1.72. The molecule has 6 aromatic heterocycles. The number of hydrogen-bond acceptors (Lipinski definition) is 9. The van der Waals surface area contributed by atoms with Gasteiger partial charge in [-0.2, -0.15) is 36.5 Å². The highest BCUT2D eigenvalue weighted by Crippen LogP contribution is 2.37. The Hall–Kier alpha value is -7.70. The van der Waals surface area contributed by atoms with Crippen LogP contribution < -0.4 is 11.1 Å². The number of nitrogen functional groups attached to an aromatic ring is 1. The lowest BCUT2D eigenvalue weighted by Crippen LogP contribution is -2.12. The van der Waals surface area contributed by atoms with Crippen LogP contribution in [-0.2, 0) is 12.4 Å². The van der Waals surface area contributed by atoms with Gasteiger partial charge in [-0.1, -0.05) is 36.4 Å². The van der Waals surface area contributed by atoms with E-state index >= 15 is 0 Å². The monoisotopic (exact) mass is 784 g/mol. The zero-order valence-electron chi connectivity index (χ0n) is 28.9. The average Bonchev–Trinajstić information content (AvgIpc) is 3.83. The van der Waals surface area contributed by atoms with Crippen LogP contribution >= 0.6 is 0 Å². The van der Waals surface area contributed by atoms with Crippen molar-refractivity contribution in [2.24, 2.45) is 0 Å². The first kappa shape index (κ1) is 39.0. The lowest BCUT2D eigenvalue weighted by atomic mass is 10.0. The third-order valence-corrected chi connectivity index (χ3v) is 7.87. The van der Waals surface area contributed by atoms with E-state index in [2.05, 4.69) is 35.5 Å². The number of aromatic carboxylic acids is 1. The Bertz CT molecular complexity index is 2670. The lowest BCUT2D eigenvalue weighted by Gasteiger charge is -2.12. The van der Waals surface area contributed by atoms with Gasteiger partial charge in [-0.25, -0.2) is 23.8 Å². The van der Waals surface area contributed by atoms with E-state index in [1.54, 1.807) is 36.7 Å². The normalized spacial score (nSPS) is 11.3. The van der Waals surface area contributed by atoms with Gasteiger partial charge in [0.05, 0.1) is 34.9 Å². The maximum absolute atomic E-state index is 13.3. The number of carbonyl (C=O) groups is 2. The molecule has 8 rings (SSSR count). The molecule has 1 amide bonds. The van der Waals surface area contributed by atoms with Gasteiger partial charge in [0.1, 0.15) is 11.1 Å². The van der Waals surface area contributed by atoms with Gasteiger partial charge in [0.15, 0.2) is 11.3 Å². The Morgan fingerprint density at radius 2 is 1.05 bits per heavy atom. The summed E-state index contributed by atoms with van der Waals surface area (Å²) in [6.07, 6.45) is 2.58. The summed E-state index contributed by atoms with van der Waals surface area (Å²) in [6, 6.07) is 19.7. The fourth-order valence-electron chi connectivity index (χ4n) is 5.25. The zero-order chi connectivity index (χ0) is 40.7. The SMILES string of the molecule is Nc1ccncc1.O=C(Nc1ccncc1)c1cnn2ccc(-c3ccccc3C(F)(F)F)nc12.O=C(O)c1cnn2ccc(-c3ccccc3C(F)(F)F)nc12. The van der Waals surface area contributed by atoms with Crippen molar-refractivity contribution in [2.45, 2.75) is 12.4 Å². The van der Waals surface area contributed by atoms with Gasteiger partial charge in [0.2, 0.25) is 0 Å². The number of halogens is 6. The number of carboxylic acids is 1. The summed E-state index contributed by atoms with van der Waals surface area (Å²) in [4.78, 5) is 39.6. The third kappa shape index (κ3) is 9.16. The molecular weight excluding hydrogens is 758 g/mol. The van der Waals surface area contributed by atoms with Crippen molar-refractivity contribution in [2.75, 3.05) is 11.1 Å². The van der Waals surface area contributed by atoms with E-state index < -0.39 is 35.4 Å². The lowest BCUT2D eigenvalue weighted by molar-refractivity contribution is -0.137. The Labute approximate surface area is 317 Å². The second kappa shape index (κ2) is 16.3. The van der Waals surface area contributed by atoms with E-state index in [1.807, 2.05) is 0 Å². The van der Waals surface area contributed by atoms with Crippen LogP contribution in [0.15, 0.2) is 135 Å². The van der Waals surface area contributed by atoms with Gasteiger partial charge in [0, 0.05) is 59.7 Å². The summed E-state index contributed by atoms with van der Waals surface area (Å²) in [5, 5.41) is 19.6. The molecule has 0 aliphatic rings. The predicted molar refractivity (Wildman–Crippen MR) is 195 cm³/mol. The Morgan fingerprint density at radius 1 is 0.614 bits per heavy atom. The molecule has 4 N–H and O–H groups in total. The number of nitrogens with one attached hydrogen (secondary N) is 1. The number of amides is 1. The molecule has 19 heteroatoms. The van der Waals surface area contributed by atoms with Crippen LogP contribution in [0.3, 0.4) is 0 Å². The summed E-state index contributed by atoms with van der Waals surface area (Å²) >= 11 is 0. The van der Waals surface area contributed by atoms with E-state index in [0.717, 1.165) is 24.0 Å². The molecule has 13 nitrogen and oxygen atoms in total. The molecule has 0 radical (unpaired) electrons. The van der Waals surface area contributed by atoms with Gasteiger partial charge in [-0.15, -0.1) is 0 Å². The molecular formula is C38H26F6N10O3. The minimum absolute atomic E-state index is 0.0121. The van der Waals surface area contributed by atoms with Crippen molar-refractivity contribution in [3.05, 3.63) is 157 Å². The second-order valence-corrected chi connectivity index (χ2v) is 11.6. The molecule has 0 unspecified atom stereocenters. The minimum Gasteiger partial charge on any atom is -0.477 e. The molecule has 0 saturated heterocycles. The number of alkyl halides is 6. The van der Waals surface area contributed by atoms with Gasteiger partial charge in [-0.05, 0) is 48.5 Å². The Kier molecular flexibility index (Phi) is 11.2. The maximum atomic E-state index is 13.3. The number of anilines is 2. The van der Waals surface area contributed by atoms with Gasteiger partial charge in [-0.3, -0.25) is 14.8 Å². The van der Waals surface area contributed by atoms with Crippen LogP contribution in [0, 0.1) is 0 Å². The molecule has 0 spiro atoms. The van der Waals surface area contributed by atoms with Gasteiger partial charge < -0.3 is 16.2 Å². The molecule has 0 aliphatic carbocycles. The maximum Gasteiger partial charge on any atom is 0.417 e. The molecule has 8 aromatic rings. The highest BCUT2D eigenvalue weighted by Gasteiger charge is 2.35. The highest BCUT2D eigenvalue weighted by molar-refractivity contribution is 6.08. The molecule has 2 aromatic carbocycles. The van der Waals surface area contributed by atoms with Crippen LogP contribution in [0.2, 0.25) is 0 Å². The molecule has 57 heavy (non-hydrogen) atoms. The topological polar surface area (TPSA) is 179 Å². The van der Waals surface area contributed by atoms with Crippen LogP contribution in [0.25, 0.3) is 33.8 Å². The second-order valence-electron chi connectivity index (χ2n) is 11.6. The number of nitrogens with two attached hydrogens (primary N) is 1. The third-order valence-electron chi connectivity index (χ3n) is 7.87. The average molecular weight is 785 g/mol. The van der Waals surface area contributed by atoms with E-state index in [9.17, 15) is 35.9 Å². The standard InChI is InChI=1S/C19H12F3N5O.C14H8F3N3O2.C5H6N2/c20-19(21,22)15-4-2-1-3-13(15)16-7-10-27-17(26-16)14(11-24-27)18(28)25-12-5-8-23-9-6-12;15-14(16,17)10-4-2-1-3-8(10)11-5-6-20-12(19-11)9(7-18-20)13(21)22;6-5-1-3-7-4-2-5/h1-11H,(H,23,25,28);1-7H,(H,21,22);1-4H,(H2,6,7). The molecule has 0 bridgehead atoms. The predicted octanol–water partition coefficient (Wildman–Crippen LogP) is 7.84. The highest BCUT2D eigenvalue weighted by atomic mass is 19.4. The van der Waals surface area contributed by atoms with Gasteiger partial charge >= 0.3 is 18.3 Å². The van der Waals surface area contributed by atoms with Crippen molar-refractivity contribution in [1.29, 1.82) is 0 Å². The fraction of sp³-hybridized carbons (Fsp3) is 0.0526. The number of pyridine rings is 2.